The highest BCUT2D eigenvalue weighted by Crippen LogP contribution is 2.17. The Morgan fingerprint density at radius 1 is 1.24 bits per heavy atom. The highest BCUT2D eigenvalue weighted by atomic mass is 16.4. The molecule has 0 atom stereocenters. The van der Waals surface area contributed by atoms with Crippen LogP contribution in [0, 0.1) is 11.3 Å². The van der Waals surface area contributed by atoms with Gasteiger partial charge in [0.25, 0.3) is 5.91 Å². The fourth-order valence-electron chi connectivity index (χ4n) is 2.34. The summed E-state index contributed by atoms with van der Waals surface area (Å²) in [5.74, 6) is -1.10. The molecule has 3 N–H and O–H groups in total. The van der Waals surface area contributed by atoms with Crippen LogP contribution in [0.4, 0.5) is 0 Å². The number of carboxylic acid groups (broad SMARTS) is 1. The van der Waals surface area contributed by atoms with Crippen LogP contribution in [0.25, 0.3) is 0 Å². The van der Waals surface area contributed by atoms with Crippen molar-refractivity contribution in [3.05, 3.63) is 11.8 Å². The van der Waals surface area contributed by atoms with Gasteiger partial charge in [-0.15, -0.1) is 0 Å². The topological polar surface area (TPSA) is 102 Å². The first-order chi connectivity index (χ1) is 10.1. The maximum Gasteiger partial charge on any atom is 0.303 e. The van der Waals surface area contributed by atoms with Crippen molar-refractivity contribution in [3.63, 3.8) is 0 Å². The largest absolute Gasteiger partial charge is 0.481 e. The average molecular weight is 293 g/mol. The van der Waals surface area contributed by atoms with E-state index in [1.165, 1.54) is 6.20 Å². The van der Waals surface area contributed by atoms with E-state index in [4.69, 9.17) is 10.4 Å². The Bertz CT molecular complexity index is 420. The number of hydrogen-bond donors (Lipinski definition) is 3. The van der Waals surface area contributed by atoms with Gasteiger partial charge in [0.15, 0.2) is 0 Å². The third kappa shape index (κ3) is 7.35. The van der Waals surface area contributed by atoms with E-state index in [1.54, 1.807) is 0 Å². The Morgan fingerprint density at radius 2 is 1.95 bits per heavy atom. The zero-order chi connectivity index (χ0) is 15.5. The molecule has 0 radical (unpaired) electrons. The Labute approximate surface area is 125 Å². The molecule has 1 aliphatic carbocycles. The maximum absolute atomic E-state index is 11.9. The van der Waals surface area contributed by atoms with Gasteiger partial charge < -0.3 is 15.7 Å². The molecule has 0 unspecified atom stereocenters. The number of amides is 1. The molecule has 116 valence electrons. The summed E-state index contributed by atoms with van der Waals surface area (Å²) >= 11 is 0. The van der Waals surface area contributed by atoms with Crippen molar-refractivity contribution in [2.75, 3.05) is 6.54 Å². The molecule has 0 bridgehead atoms. The first kappa shape index (κ1) is 17.0. The van der Waals surface area contributed by atoms with Gasteiger partial charge in [0.2, 0.25) is 0 Å². The minimum Gasteiger partial charge on any atom is -0.481 e. The van der Waals surface area contributed by atoms with E-state index in [1.807, 2.05) is 6.07 Å². The normalized spacial score (nSPS) is 15.5. The van der Waals surface area contributed by atoms with E-state index >= 15 is 0 Å². The monoisotopic (exact) mass is 293 g/mol. The summed E-state index contributed by atoms with van der Waals surface area (Å²) in [5, 5.41) is 23.3. The zero-order valence-corrected chi connectivity index (χ0v) is 12.2. The van der Waals surface area contributed by atoms with E-state index in [0.717, 1.165) is 38.5 Å². The highest BCUT2D eigenvalue weighted by Gasteiger charge is 2.18. The lowest BCUT2D eigenvalue weighted by Crippen LogP contribution is -2.33. The highest BCUT2D eigenvalue weighted by molar-refractivity contribution is 5.97. The second-order valence-corrected chi connectivity index (χ2v) is 5.28. The minimum absolute atomic E-state index is 0.0902. The van der Waals surface area contributed by atoms with Gasteiger partial charge in [-0.05, 0) is 25.7 Å². The van der Waals surface area contributed by atoms with Gasteiger partial charge in [-0.25, -0.2) is 0 Å². The molecule has 1 aliphatic rings. The van der Waals surface area contributed by atoms with Gasteiger partial charge in [-0.1, -0.05) is 19.3 Å². The SMILES string of the molecule is N#C/C(=C/NCCCCCC(=O)O)C(=O)NC1CCCC1. The molecule has 21 heavy (non-hydrogen) atoms. The Hall–Kier alpha value is -2.03. The summed E-state index contributed by atoms with van der Waals surface area (Å²) in [7, 11) is 0. The summed E-state index contributed by atoms with van der Waals surface area (Å²) in [4.78, 5) is 22.2. The van der Waals surface area contributed by atoms with Crippen LogP contribution in [0.3, 0.4) is 0 Å². The fourth-order valence-corrected chi connectivity index (χ4v) is 2.34. The van der Waals surface area contributed by atoms with Crippen LogP contribution in [0.15, 0.2) is 11.8 Å². The number of unbranched alkanes of at least 4 members (excludes halogenated alkanes) is 2. The van der Waals surface area contributed by atoms with E-state index in [0.29, 0.717) is 13.0 Å². The van der Waals surface area contributed by atoms with Crippen LogP contribution in [-0.4, -0.2) is 29.6 Å². The molecule has 0 spiro atoms. The van der Waals surface area contributed by atoms with Gasteiger partial charge in [0.1, 0.15) is 11.6 Å². The standard InChI is InChI=1S/C15H23N3O3/c16-10-12(15(21)18-13-6-3-4-7-13)11-17-9-5-1-2-8-14(19)20/h11,13,17H,1-9H2,(H,18,21)(H,19,20)/b12-11-. The number of carbonyl (C=O) groups is 2. The molecule has 0 aromatic rings. The van der Waals surface area contributed by atoms with Crippen molar-refractivity contribution >= 4 is 11.9 Å². The Kier molecular flexibility index (Phi) is 7.95. The molecule has 6 heteroatoms. The smallest absolute Gasteiger partial charge is 0.303 e. The molecule has 0 aromatic carbocycles. The molecule has 0 aromatic heterocycles. The summed E-state index contributed by atoms with van der Waals surface area (Å²) in [5.41, 5.74) is 0.0902. The van der Waals surface area contributed by atoms with Gasteiger partial charge in [-0.2, -0.15) is 5.26 Å². The third-order valence-corrected chi connectivity index (χ3v) is 3.51. The molecule has 0 aliphatic heterocycles. The van der Waals surface area contributed by atoms with E-state index < -0.39 is 5.97 Å². The Balaban J connectivity index is 2.20. The fraction of sp³-hybridized carbons (Fsp3) is 0.667. The third-order valence-electron chi connectivity index (χ3n) is 3.51. The van der Waals surface area contributed by atoms with E-state index in [9.17, 15) is 9.59 Å². The number of aliphatic carboxylic acids is 1. The Morgan fingerprint density at radius 3 is 2.57 bits per heavy atom. The van der Waals surface area contributed by atoms with Crippen molar-refractivity contribution in [3.8, 4) is 6.07 Å². The van der Waals surface area contributed by atoms with Crippen molar-refractivity contribution in [2.45, 2.75) is 57.4 Å². The van der Waals surface area contributed by atoms with E-state index in [-0.39, 0.29) is 23.9 Å². The molecule has 1 rings (SSSR count). The first-order valence-corrected chi connectivity index (χ1v) is 7.50. The lowest BCUT2D eigenvalue weighted by atomic mass is 10.2. The number of hydrogen-bond acceptors (Lipinski definition) is 4. The maximum atomic E-state index is 11.9. The summed E-state index contributed by atoms with van der Waals surface area (Å²) in [6.07, 6.45) is 8.13. The van der Waals surface area contributed by atoms with Crippen molar-refractivity contribution < 1.29 is 14.7 Å². The van der Waals surface area contributed by atoms with Crippen LogP contribution in [0.2, 0.25) is 0 Å². The molecule has 0 heterocycles. The van der Waals surface area contributed by atoms with Gasteiger partial charge in [-0.3, -0.25) is 9.59 Å². The lowest BCUT2D eigenvalue weighted by Gasteiger charge is -2.11. The number of carbonyl (C=O) groups excluding carboxylic acids is 1. The predicted octanol–water partition coefficient (Wildman–Crippen LogP) is 1.69. The second-order valence-electron chi connectivity index (χ2n) is 5.28. The molecular formula is C15H23N3O3. The predicted molar refractivity (Wildman–Crippen MR) is 78.2 cm³/mol. The number of nitrogens with zero attached hydrogens (tertiary/aromatic N) is 1. The number of nitrogens with one attached hydrogen (secondary N) is 2. The van der Waals surface area contributed by atoms with Crippen molar-refractivity contribution in [2.24, 2.45) is 0 Å². The molecule has 1 amide bonds. The van der Waals surface area contributed by atoms with Crippen LogP contribution < -0.4 is 10.6 Å². The number of carboxylic acids is 1. The molecule has 6 nitrogen and oxygen atoms in total. The van der Waals surface area contributed by atoms with Crippen LogP contribution in [0.1, 0.15) is 51.4 Å². The molecular weight excluding hydrogens is 270 g/mol. The van der Waals surface area contributed by atoms with Gasteiger partial charge >= 0.3 is 5.97 Å². The molecule has 1 fully saturated rings. The lowest BCUT2D eigenvalue weighted by molar-refractivity contribution is -0.137. The van der Waals surface area contributed by atoms with Crippen molar-refractivity contribution in [1.82, 2.24) is 10.6 Å². The number of nitriles is 1. The van der Waals surface area contributed by atoms with E-state index in [2.05, 4.69) is 10.6 Å². The van der Waals surface area contributed by atoms with Crippen molar-refractivity contribution in [1.29, 1.82) is 5.26 Å². The van der Waals surface area contributed by atoms with Crippen LogP contribution in [0.5, 0.6) is 0 Å². The van der Waals surface area contributed by atoms with Gasteiger partial charge in [0.05, 0.1) is 0 Å². The molecule has 1 saturated carbocycles. The first-order valence-electron chi connectivity index (χ1n) is 7.50. The summed E-state index contributed by atoms with van der Waals surface area (Å²) in [6.45, 7) is 0.626. The van der Waals surface area contributed by atoms with Gasteiger partial charge in [0, 0.05) is 25.2 Å². The zero-order valence-electron chi connectivity index (χ0n) is 12.2. The second kappa shape index (κ2) is 9.81. The minimum atomic E-state index is -0.779. The van der Waals surface area contributed by atoms with Crippen LogP contribution >= 0.6 is 0 Å². The van der Waals surface area contributed by atoms with Crippen LogP contribution in [-0.2, 0) is 9.59 Å². The summed E-state index contributed by atoms with van der Waals surface area (Å²) < 4.78 is 0. The molecule has 0 saturated heterocycles. The quantitative estimate of drug-likeness (QED) is 0.341. The summed E-state index contributed by atoms with van der Waals surface area (Å²) in [6, 6.07) is 2.10. The number of rotatable bonds is 9. The average Bonchev–Trinajstić information content (AvgIpc) is 2.94.